The third kappa shape index (κ3) is 3.14. The van der Waals surface area contributed by atoms with Gasteiger partial charge in [0.25, 0.3) is 0 Å². The van der Waals surface area contributed by atoms with E-state index in [0.29, 0.717) is 0 Å². The summed E-state index contributed by atoms with van der Waals surface area (Å²) in [5, 5.41) is 0. The molecule has 0 unspecified atom stereocenters. The van der Waals surface area contributed by atoms with Gasteiger partial charge in [-0.3, -0.25) is 0 Å². The van der Waals surface area contributed by atoms with Gasteiger partial charge in [0, 0.05) is 0 Å². The molecule has 2 aliphatic carbocycles. The number of rotatable bonds is 3. The van der Waals surface area contributed by atoms with Crippen molar-refractivity contribution in [2.75, 3.05) is 0 Å². The van der Waals surface area contributed by atoms with Crippen molar-refractivity contribution in [1.82, 2.24) is 4.81 Å². The predicted octanol–water partition coefficient (Wildman–Crippen LogP) is 3.73. The normalized spacial score (nSPS) is 26.0. The van der Waals surface area contributed by atoms with Gasteiger partial charge in [-0.05, 0) is 37.8 Å². The summed E-state index contributed by atoms with van der Waals surface area (Å²) in [6.07, 6.45) is 13.9. The molecule has 0 amide bonds. The monoisotopic (exact) mass is 226 g/mol. The van der Waals surface area contributed by atoms with Crippen LogP contribution in [0.15, 0.2) is 0 Å². The van der Waals surface area contributed by atoms with Gasteiger partial charge in [-0.15, -0.1) is 6.83 Å². The molecule has 2 radical (unpaired) electrons. The van der Waals surface area contributed by atoms with Gasteiger partial charge < -0.3 is 16.3 Å². The van der Waals surface area contributed by atoms with E-state index < -0.39 is 0 Å². The minimum absolute atomic E-state index is 0.749. The highest BCUT2D eigenvalue weighted by atomic mass is 35.5. The molecule has 3 heteroatoms. The molecule has 0 aromatic heterocycles. The number of hydrogen-bond acceptors (Lipinski definition) is 1. The standard InChI is InChI=1S/C12H22BClN/c14-13-15(11-7-3-1-4-8-11)12-9-5-2-6-10-12/h11-12H,1-10H2/q-1. The first-order valence-corrected chi connectivity index (χ1v) is 7.06. The van der Waals surface area contributed by atoms with Gasteiger partial charge in [0.1, 0.15) is 0 Å². The zero-order chi connectivity index (χ0) is 10.5. The van der Waals surface area contributed by atoms with Gasteiger partial charge in [0.15, 0.2) is 0 Å². The number of nitrogens with zero attached hydrogens (tertiary/aromatic N) is 1. The van der Waals surface area contributed by atoms with E-state index >= 15 is 0 Å². The van der Waals surface area contributed by atoms with Crippen molar-refractivity contribution in [1.29, 1.82) is 0 Å². The lowest BCUT2D eigenvalue weighted by Gasteiger charge is -2.50. The Bertz CT molecular complexity index is 158. The van der Waals surface area contributed by atoms with Crippen LogP contribution in [0.1, 0.15) is 64.2 Å². The molecular formula is C12H22BClN-. The van der Waals surface area contributed by atoms with Gasteiger partial charge >= 0.3 is 0 Å². The Morgan fingerprint density at radius 1 is 0.733 bits per heavy atom. The van der Waals surface area contributed by atoms with Crippen LogP contribution in [-0.4, -0.2) is 23.7 Å². The molecule has 2 aliphatic rings. The molecule has 15 heavy (non-hydrogen) atoms. The third-order valence-corrected chi connectivity index (χ3v) is 4.33. The molecule has 1 nitrogen and oxygen atoms in total. The van der Waals surface area contributed by atoms with Crippen molar-refractivity contribution in [3.8, 4) is 0 Å². The fourth-order valence-electron chi connectivity index (χ4n) is 3.22. The molecule has 0 bridgehead atoms. The topological polar surface area (TPSA) is 3.24 Å². The minimum Gasteiger partial charge on any atom is -0.519 e. The average molecular weight is 227 g/mol. The van der Waals surface area contributed by atoms with Crippen molar-refractivity contribution >= 4 is 18.3 Å². The molecule has 0 aliphatic heterocycles. The highest BCUT2D eigenvalue weighted by Gasteiger charge is 2.21. The summed E-state index contributed by atoms with van der Waals surface area (Å²) < 4.78 is 0. The first kappa shape index (κ1) is 11.8. The predicted molar refractivity (Wildman–Crippen MR) is 67.2 cm³/mol. The second-order valence-corrected chi connectivity index (χ2v) is 5.32. The fraction of sp³-hybridized carbons (Fsp3) is 1.00. The number of halogens is 1. The van der Waals surface area contributed by atoms with Gasteiger partial charge in [0.2, 0.25) is 0 Å². The molecule has 0 spiro atoms. The van der Waals surface area contributed by atoms with E-state index in [4.69, 9.17) is 11.5 Å². The van der Waals surface area contributed by atoms with Gasteiger partial charge in [-0.2, -0.15) is 0 Å². The zero-order valence-electron chi connectivity index (χ0n) is 9.63. The van der Waals surface area contributed by atoms with Crippen LogP contribution >= 0.6 is 11.5 Å². The summed E-state index contributed by atoms with van der Waals surface area (Å²) in [7, 11) is 0. The zero-order valence-corrected chi connectivity index (χ0v) is 10.4. The van der Waals surface area contributed by atoms with Crippen molar-refractivity contribution in [2.24, 2.45) is 0 Å². The van der Waals surface area contributed by atoms with Crippen LogP contribution in [0, 0.1) is 0 Å². The second kappa shape index (κ2) is 6.15. The molecule has 0 atom stereocenters. The molecule has 0 aromatic rings. The lowest BCUT2D eigenvalue weighted by molar-refractivity contribution is 0.173. The highest BCUT2D eigenvalue weighted by Crippen LogP contribution is 2.29. The molecule has 2 rings (SSSR count). The molecule has 0 aromatic carbocycles. The Morgan fingerprint density at radius 2 is 1.13 bits per heavy atom. The van der Waals surface area contributed by atoms with E-state index in [1.54, 1.807) is 0 Å². The van der Waals surface area contributed by atoms with E-state index in [-0.39, 0.29) is 0 Å². The molecule has 86 valence electrons. The summed E-state index contributed by atoms with van der Waals surface area (Å²) >= 11 is 6.04. The molecular weight excluding hydrogens is 204 g/mol. The van der Waals surface area contributed by atoms with Crippen molar-refractivity contribution < 1.29 is 0 Å². The van der Waals surface area contributed by atoms with E-state index in [2.05, 4.69) is 4.81 Å². The summed E-state index contributed by atoms with van der Waals surface area (Å²) in [5.74, 6) is 0. The van der Waals surface area contributed by atoms with Gasteiger partial charge in [0.05, 0.1) is 0 Å². The Kier molecular flexibility index (Phi) is 4.83. The van der Waals surface area contributed by atoms with Crippen molar-refractivity contribution in [2.45, 2.75) is 76.3 Å². The molecule has 2 fully saturated rings. The quantitative estimate of drug-likeness (QED) is 0.663. The van der Waals surface area contributed by atoms with E-state index in [9.17, 15) is 0 Å². The molecule has 0 saturated heterocycles. The van der Waals surface area contributed by atoms with Crippen LogP contribution in [0.5, 0.6) is 0 Å². The molecule has 0 N–H and O–H groups in total. The lowest BCUT2D eigenvalue weighted by Crippen LogP contribution is -2.45. The lowest BCUT2D eigenvalue weighted by atomic mass is 9.86. The summed E-state index contributed by atoms with van der Waals surface area (Å²) in [6, 6.07) is 1.50. The van der Waals surface area contributed by atoms with Gasteiger partial charge in [-0.1, -0.05) is 38.5 Å². The van der Waals surface area contributed by atoms with Crippen molar-refractivity contribution in [3.05, 3.63) is 0 Å². The van der Waals surface area contributed by atoms with Crippen LogP contribution in [-0.2, 0) is 0 Å². The largest absolute Gasteiger partial charge is 0.519 e. The van der Waals surface area contributed by atoms with Crippen LogP contribution in [0.25, 0.3) is 0 Å². The Hall–Kier alpha value is 0.315. The average Bonchev–Trinajstić information content (AvgIpc) is 2.33. The maximum Gasteiger partial charge on any atom is -0.0299 e. The second-order valence-electron chi connectivity index (χ2n) is 5.13. The maximum atomic E-state index is 6.04. The first-order chi connectivity index (χ1) is 7.42. The number of hydrogen-bond donors (Lipinski definition) is 0. The van der Waals surface area contributed by atoms with Crippen LogP contribution in [0.4, 0.5) is 0 Å². The Morgan fingerprint density at radius 3 is 1.47 bits per heavy atom. The fourth-order valence-corrected chi connectivity index (χ4v) is 3.53. The summed E-state index contributed by atoms with van der Waals surface area (Å²) in [4.78, 5) is 2.49. The summed E-state index contributed by atoms with van der Waals surface area (Å²) in [5.41, 5.74) is 0. The van der Waals surface area contributed by atoms with Crippen molar-refractivity contribution in [3.63, 3.8) is 0 Å². The first-order valence-electron chi connectivity index (χ1n) is 6.63. The highest BCUT2D eigenvalue weighted by molar-refractivity contribution is 6.92. The third-order valence-electron chi connectivity index (χ3n) is 4.11. The van der Waals surface area contributed by atoms with Gasteiger partial charge in [-0.25, -0.2) is 0 Å². The van der Waals surface area contributed by atoms with E-state index in [1.807, 2.05) is 6.83 Å². The van der Waals surface area contributed by atoms with E-state index in [0.717, 1.165) is 12.1 Å². The smallest absolute Gasteiger partial charge is 0.0299 e. The Labute approximate surface area is 99.7 Å². The Balaban J connectivity index is 1.88. The van der Waals surface area contributed by atoms with Crippen LogP contribution < -0.4 is 0 Å². The summed E-state index contributed by atoms with van der Waals surface area (Å²) in [6.45, 7) is 1.85. The minimum atomic E-state index is 0.749. The van der Waals surface area contributed by atoms with Crippen LogP contribution in [0.2, 0.25) is 0 Å². The van der Waals surface area contributed by atoms with Crippen LogP contribution in [0.3, 0.4) is 0 Å². The molecule has 0 heterocycles. The van der Waals surface area contributed by atoms with E-state index in [1.165, 1.54) is 64.2 Å². The SMILES string of the molecule is Cl[B-]N(C1CCCCC1)C1CCCCC1. The molecule has 2 saturated carbocycles. The maximum absolute atomic E-state index is 6.04.